The molecule has 0 heterocycles. The van der Waals surface area contributed by atoms with Gasteiger partial charge in [0, 0.05) is 13.7 Å². The van der Waals surface area contributed by atoms with Crippen LogP contribution in [0.15, 0.2) is 24.3 Å². The number of nitrogens with one attached hydrogen (secondary N) is 1. The minimum absolute atomic E-state index is 0.712. The molecule has 1 unspecified atom stereocenters. The fraction of sp³-hybridized carbons (Fsp3) is 0.647. The van der Waals surface area contributed by atoms with E-state index in [2.05, 4.69) is 43.4 Å². The van der Waals surface area contributed by atoms with E-state index in [4.69, 9.17) is 4.74 Å². The van der Waals surface area contributed by atoms with Crippen molar-refractivity contribution in [3.63, 3.8) is 0 Å². The van der Waals surface area contributed by atoms with Crippen LogP contribution in [-0.2, 0) is 11.2 Å². The lowest BCUT2D eigenvalue weighted by Crippen LogP contribution is -2.25. The third-order valence-electron chi connectivity index (χ3n) is 3.43. The zero-order valence-corrected chi connectivity index (χ0v) is 12.7. The summed E-state index contributed by atoms with van der Waals surface area (Å²) in [5.74, 6) is 0.712. The standard InChI is InChI=1S/C17H29NO/c1-4-10-18-14-17(9-6-11-19-3)13-16-8-5-7-15(2)12-16/h5,7-8,12,17-18H,4,6,9-11,13-14H2,1-3H3. The molecule has 0 bridgehead atoms. The molecule has 19 heavy (non-hydrogen) atoms. The molecule has 1 aromatic rings. The van der Waals surface area contributed by atoms with Crippen molar-refractivity contribution in [1.29, 1.82) is 0 Å². The third kappa shape index (κ3) is 7.34. The summed E-state index contributed by atoms with van der Waals surface area (Å²) in [5.41, 5.74) is 2.82. The molecule has 0 aliphatic rings. The predicted molar refractivity (Wildman–Crippen MR) is 82.6 cm³/mol. The molecule has 1 atom stereocenters. The van der Waals surface area contributed by atoms with Gasteiger partial charge in [0.15, 0.2) is 0 Å². The van der Waals surface area contributed by atoms with E-state index in [-0.39, 0.29) is 0 Å². The van der Waals surface area contributed by atoms with Crippen molar-refractivity contribution >= 4 is 0 Å². The van der Waals surface area contributed by atoms with Crippen molar-refractivity contribution in [2.24, 2.45) is 5.92 Å². The van der Waals surface area contributed by atoms with Gasteiger partial charge < -0.3 is 10.1 Å². The molecule has 0 amide bonds. The van der Waals surface area contributed by atoms with Gasteiger partial charge in [0.1, 0.15) is 0 Å². The summed E-state index contributed by atoms with van der Waals surface area (Å²) in [4.78, 5) is 0. The van der Waals surface area contributed by atoms with Crippen LogP contribution >= 0.6 is 0 Å². The lowest BCUT2D eigenvalue weighted by molar-refractivity contribution is 0.186. The van der Waals surface area contributed by atoms with E-state index in [1.165, 1.54) is 30.4 Å². The molecular weight excluding hydrogens is 234 g/mol. The number of hydrogen-bond donors (Lipinski definition) is 1. The molecule has 1 aromatic carbocycles. The smallest absolute Gasteiger partial charge is 0.0462 e. The van der Waals surface area contributed by atoms with E-state index in [0.29, 0.717) is 5.92 Å². The highest BCUT2D eigenvalue weighted by atomic mass is 16.5. The van der Waals surface area contributed by atoms with Gasteiger partial charge in [0.25, 0.3) is 0 Å². The second kappa shape index (κ2) is 9.99. The quantitative estimate of drug-likeness (QED) is 0.651. The Labute approximate surface area is 118 Å². The van der Waals surface area contributed by atoms with Gasteiger partial charge in [-0.05, 0) is 57.2 Å². The summed E-state index contributed by atoms with van der Waals surface area (Å²) < 4.78 is 5.17. The zero-order valence-electron chi connectivity index (χ0n) is 12.7. The van der Waals surface area contributed by atoms with E-state index in [9.17, 15) is 0 Å². The SMILES string of the molecule is CCCNCC(CCCOC)Cc1cccc(C)c1. The molecular formula is C17H29NO. The molecule has 1 N–H and O–H groups in total. The van der Waals surface area contributed by atoms with E-state index < -0.39 is 0 Å². The lowest BCUT2D eigenvalue weighted by atomic mass is 9.94. The summed E-state index contributed by atoms with van der Waals surface area (Å²) in [6.45, 7) is 7.49. The third-order valence-corrected chi connectivity index (χ3v) is 3.43. The fourth-order valence-corrected chi connectivity index (χ4v) is 2.45. The van der Waals surface area contributed by atoms with Crippen LogP contribution in [-0.4, -0.2) is 26.8 Å². The van der Waals surface area contributed by atoms with Crippen molar-refractivity contribution in [3.05, 3.63) is 35.4 Å². The predicted octanol–water partition coefficient (Wildman–Crippen LogP) is 3.58. The van der Waals surface area contributed by atoms with Crippen molar-refractivity contribution < 1.29 is 4.74 Å². The average molecular weight is 263 g/mol. The van der Waals surface area contributed by atoms with Crippen molar-refractivity contribution in [2.45, 2.75) is 39.5 Å². The molecule has 2 heteroatoms. The Kier molecular flexibility index (Phi) is 8.52. The minimum Gasteiger partial charge on any atom is -0.385 e. The average Bonchev–Trinajstić information content (AvgIpc) is 2.39. The van der Waals surface area contributed by atoms with Gasteiger partial charge in [-0.3, -0.25) is 0 Å². The molecule has 0 spiro atoms. The van der Waals surface area contributed by atoms with Crippen LogP contribution in [0.5, 0.6) is 0 Å². The number of ether oxygens (including phenoxy) is 1. The molecule has 0 aliphatic heterocycles. The van der Waals surface area contributed by atoms with Gasteiger partial charge in [-0.1, -0.05) is 36.8 Å². The van der Waals surface area contributed by atoms with E-state index in [1.807, 2.05) is 0 Å². The van der Waals surface area contributed by atoms with Gasteiger partial charge in [-0.2, -0.15) is 0 Å². The number of aryl methyl sites for hydroxylation is 1. The van der Waals surface area contributed by atoms with Crippen molar-refractivity contribution in [3.8, 4) is 0 Å². The van der Waals surface area contributed by atoms with E-state index in [0.717, 1.165) is 26.1 Å². The maximum Gasteiger partial charge on any atom is 0.0462 e. The highest BCUT2D eigenvalue weighted by molar-refractivity contribution is 5.22. The molecule has 0 aromatic heterocycles. The molecule has 0 radical (unpaired) electrons. The molecule has 0 saturated heterocycles. The zero-order chi connectivity index (χ0) is 13.9. The fourth-order valence-electron chi connectivity index (χ4n) is 2.45. The van der Waals surface area contributed by atoms with Gasteiger partial charge >= 0.3 is 0 Å². The number of benzene rings is 1. The molecule has 0 aliphatic carbocycles. The minimum atomic E-state index is 0.712. The molecule has 108 valence electrons. The first kappa shape index (κ1) is 16.2. The van der Waals surface area contributed by atoms with E-state index >= 15 is 0 Å². The van der Waals surface area contributed by atoms with Crippen LogP contribution in [0.1, 0.15) is 37.3 Å². The normalized spacial score (nSPS) is 12.6. The summed E-state index contributed by atoms with van der Waals surface area (Å²) in [5, 5.41) is 3.56. The Hall–Kier alpha value is -0.860. The Bertz CT molecular complexity index is 328. The Balaban J connectivity index is 2.46. The van der Waals surface area contributed by atoms with Crippen LogP contribution in [0, 0.1) is 12.8 Å². The number of rotatable bonds is 10. The number of methoxy groups -OCH3 is 1. The molecule has 0 fully saturated rings. The summed E-state index contributed by atoms with van der Waals surface area (Å²) in [6, 6.07) is 8.88. The maximum absolute atomic E-state index is 5.17. The second-order valence-electron chi connectivity index (χ2n) is 5.40. The summed E-state index contributed by atoms with van der Waals surface area (Å²) in [6.07, 6.45) is 4.76. The lowest BCUT2D eigenvalue weighted by Gasteiger charge is -2.18. The van der Waals surface area contributed by atoms with Gasteiger partial charge in [0.05, 0.1) is 0 Å². The molecule has 1 rings (SSSR count). The van der Waals surface area contributed by atoms with Gasteiger partial charge in [0.2, 0.25) is 0 Å². The first-order valence-corrected chi connectivity index (χ1v) is 7.51. The molecule has 0 saturated carbocycles. The van der Waals surface area contributed by atoms with Crippen LogP contribution in [0.25, 0.3) is 0 Å². The second-order valence-corrected chi connectivity index (χ2v) is 5.40. The first-order valence-electron chi connectivity index (χ1n) is 7.51. The largest absolute Gasteiger partial charge is 0.385 e. The highest BCUT2D eigenvalue weighted by Crippen LogP contribution is 2.15. The van der Waals surface area contributed by atoms with Crippen molar-refractivity contribution in [2.75, 3.05) is 26.8 Å². The van der Waals surface area contributed by atoms with Crippen LogP contribution in [0.4, 0.5) is 0 Å². The first-order chi connectivity index (χ1) is 9.26. The Morgan fingerprint density at radius 2 is 2.16 bits per heavy atom. The van der Waals surface area contributed by atoms with Crippen LogP contribution in [0.3, 0.4) is 0 Å². The van der Waals surface area contributed by atoms with Crippen LogP contribution in [0.2, 0.25) is 0 Å². The molecule has 2 nitrogen and oxygen atoms in total. The topological polar surface area (TPSA) is 21.3 Å². The van der Waals surface area contributed by atoms with Crippen molar-refractivity contribution in [1.82, 2.24) is 5.32 Å². The maximum atomic E-state index is 5.17. The summed E-state index contributed by atoms with van der Waals surface area (Å²) in [7, 11) is 1.78. The van der Waals surface area contributed by atoms with E-state index in [1.54, 1.807) is 7.11 Å². The highest BCUT2D eigenvalue weighted by Gasteiger charge is 2.09. The monoisotopic (exact) mass is 263 g/mol. The van der Waals surface area contributed by atoms with Crippen LogP contribution < -0.4 is 5.32 Å². The Morgan fingerprint density at radius 1 is 1.32 bits per heavy atom. The number of hydrogen-bond acceptors (Lipinski definition) is 2. The van der Waals surface area contributed by atoms with Gasteiger partial charge in [-0.25, -0.2) is 0 Å². The Morgan fingerprint density at radius 3 is 2.84 bits per heavy atom. The van der Waals surface area contributed by atoms with Gasteiger partial charge in [-0.15, -0.1) is 0 Å². The summed E-state index contributed by atoms with van der Waals surface area (Å²) >= 11 is 0.